The van der Waals surface area contributed by atoms with Crippen LogP contribution in [0.25, 0.3) is 10.9 Å². The standard InChI is InChI=1S/C20H18F3N3O3/c21-20(22,23)13-29-12-15-7-5-14(6-8-15)9-24-19(28)11-26-17-4-2-1-3-16(17)18(27)10-25-26/h1-8,10H,9,11-13H2,(H,24,28). The summed E-state index contributed by atoms with van der Waals surface area (Å²) in [6, 6.07) is 13.6. The second kappa shape index (κ2) is 8.87. The molecule has 0 unspecified atom stereocenters. The van der Waals surface area contributed by atoms with Gasteiger partial charge in [0.05, 0.1) is 18.3 Å². The number of hydrogen-bond acceptors (Lipinski definition) is 4. The Morgan fingerprint density at radius 1 is 1.07 bits per heavy atom. The third-order valence-electron chi connectivity index (χ3n) is 4.10. The van der Waals surface area contributed by atoms with Gasteiger partial charge in [-0.05, 0) is 23.3 Å². The Morgan fingerprint density at radius 3 is 2.48 bits per heavy atom. The van der Waals surface area contributed by atoms with Crippen molar-refractivity contribution in [1.29, 1.82) is 0 Å². The predicted molar refractivity (Wildman–Crippen MR) is 100 cm³/mol. The van der Waals surface area contributed by atoms with Crippen molar-refractivity contribution >= 4 is 16.8 Å². The molecule has 29 heavy (non-hydrogen) atoms. The van der Waals surface area contributed by atoms with Crippen molar-refractivity contribution in [3.05, 3.63) is 76.1 Å². The summed E-state index contributed by atoms with van der Waals surface area (Å²) in [4.78, 5) is 24.1. The van der Waals surface area contributed by atoms with Crippen molar-refractivity contribution in [3.63, 3.8) is 0 Å². The Morgan fingerprint density at radius 2 is 1.76 bits per heavy atom. The molecule has 0 aliphatic carbocycles. The maximum absolute atomic E-state index is 12.2. The highest BCUT2D eigenvalue weighted by molar-refractivity contribution is 5.81. The molecule has 3 rings (SSSR count). The number of halogens is 3. The van der Waals surface area contributed by atoms with Gasteiger partial charge in [0.1, 0.15) is 13.2 Å². The molecule has 1 heterocycles. The SMILES string of the molecule is O=C(Cn1ncc(=O)c2ccccc21)NCc1ccc(COCC(F)(F)F)cc1. The molecule has 0 radical (unpaired) electrons. The van der Waals surface area contributed by atoms with Gasteiger partial charge in [0, 0.05) is 11.9 Å². The lowest BCUT2D eigenvalue weighted by Crippen LogP contribution is -2.28. The van der Waals surface area contributed by atoms with E-state index < -0.39 is 12.8 Å². The number of nitrogens with zero attached hydrogens (tertiary/aromatic N) is 2. The number of aromatic nitrogens is 2. The number of para-hydroxylation sites is 1. The largest absolute Gasteiger partial charge is 0.411 e. The summed E-state index contributed by atoms with van der Waals surface area (Å²) >= 11 is 0. The molecule has 0 aliphatic rings. The molecule has 9 heteroatoms. The van der Waals surface area contributed by atoms with Crippen LogP contribution in [0.4, 0.5) is 13.2 Å². The van der Waals surface area contributed by atoms with Gasteiger partial charge in [-0.2, -0.15) is 18.3 Å². The van der Waals surface area contributed by atoms with Crippen LogP contribution >= 0.6 is 0 Å². The van der Waals surface area contributed by atoms with Gasteiger partial charge in [-0.25, -0.2) is 0 Å². The zero-order valence-electron chi connectivity index (χ0n) is 15.3. The molecule has 3 aromatic rings. The molecule has 0 atom stereocenters. The maximum Gasteiger partial charge on any atom is 0.411 e. The number of carbonyl (C=O) groups excluding carboxylic acids is 1. The van der Waals surface area contributed by atoms with Crippen LogP contribution in [0.2, 0.25) is 0 Å². The number of hydrogen-bond donors (Lipinski definition) is 1. The molecule has 0 saturated carbocycles. The van der Waals surface area contributed by atoms with Gasteiger partial charge in [0.2, 0.25) is 11.3 Å². The van der Waals surface area contributed by atoms with Crippen molar-refractivity contribution < 1.29 is 22.7 Å². The number of nitrogens with one attached hydrogen (secondary N) is 1. The van der Waals surface area contributed by atoms with Crippen LogP contribution in [0, 0.1) is 0 Å². The third kappa shape index (κ3) is 5.89. The van der Waals surface area contributed by atoms with E-state index in [-0.39, 0.29) is 31.0 Å². The minimum absolute atomic E-state index is 0.0514. The Balaban J connectivity index is 1.54. The van der Waals surface area contributed by atoms with E-state index in [2.05, 4.69) is 15.2 Å². The van der Waals surface area contributed by atoms with Crippen LogP contribution in [0.3, 0.4) is 0 Å². The fraction of sp³-hybridized carbons (Fsp3) is 0.250. The molecule has 0 saturated heterocycles. The molecule has 0 fully saturated rings. The second-order valence-electron chi connectivity index (χ2n) is 6.38. The summed E-state index contributed by atoms with van der Waals surface area (Å²) in [5.74, 6) is -0.288. The topological polar surface area (TPSA) is 73.2 Å². The molecule has 1 amide bonds. The number of fused-ring (bicyclic) bond motifs is 1. The highest BCUT2D eigenvalue weighted by Gasteiger charge is 2.27. The van der Waals surface area contributed by atoms with E-state index in [1.54, 1.807) is 48.5 Å². The number of rotatable bonds is 7. The van der Waals surface area contributed by atoms with Crippen LogP contribution in [-0.2, 0) is 29.2 Å². The Kier molecular flexibility index (Phi) is 6.28. The first-order valence-corrected chi connectivity index (χ1v) is 8.76. The van der Waals surface area contributed by atoms with E-state index in [0.717, 1.165) is 5.56 Å². The average Bonchev–Trinajstić information content (AvgIpc) is 2.69. The number of ether oxygens (including phenoxy) is 1. The smallest absolute Gasteiger partial charge is 0.367 e. The molecular weight excluding hydrogens is 387 g/mol. The van der Waals surface area contributed by atoms with Crippen LogP contribution in [0.15, 0.2) is 59.5 Å². The van der Waals surface area contributed by atoms with Crippen molar-refractivity contribution in [2.75, 3.05) is 6.61 Å². The minimum atomic E-state index is -4.35. The summed E-state index contributed by atoms with van der Waals surface area (Å²) in [5.41, 5.74) is 1.75. The summed E-state index contributed by atoms with van der Waals surface area (Å²) in [6.07, 6.45) is -3.17. The molecule has 2 aromatic carbocycles. The van der Waals surface area contributed by atoms with Crippen molar-refractivity contribution in [3.8, 4) is 0 Å². The lowest BCUT2D eigenvalue weighted by atomic mass is 10.1. The summed E-state index contributed by atoms with van der Waals surface area (Å²) in [5, 5.41) is 7.24. The first-order chi connectivity index (χ1) is 13.8. The highest BCUT2D eigenvalue weighted by atomic mass is 19.4. The lowest BCUT2D eigenvalue weighted by molar-refractivity contribution is -0.176. The van der Waals surface area contributed by atoms with Crippen LogP contribution in [0.1, 0.15) is 11.1 Å². The molecular formula is C20H18F3N3O3. The molecule has 6 nitrogen and oxygen atoms in total. The Hall–Kier alpha value is -3.20. The van der Waals surface area contributed by atoms with Crippen molar-refractivity contribution in [2.24, 2.45) is 0 Å². The highest BCUT2D eigenvalue weighted by Crippen LogP contribution is 2.16. The average molecular weight is 405 g/mol. The van der Waals surface area contributed by atoms with Crippen LogP contribution in [-0.4, -0.2) is 28.5 Å². The second-order valence-corrected chi connectivity index (χ2v) is 6.38. The van der Waals surface area contributed by atoms with Gasteiger partial charge in [-0.3, -0.25) is 14.3 Å². The Labute approximate surface area is 163 Å². The summed E-state index contributed by atoms with van der Waals surface area (Å²) < 4.78 is 42.3. The minimum Gasteiger partial charge on any atom is -0.367 e. The van der Waals surface area contributed by atoms with E-state index >= 15 is 0 Å². The quantitative estimate of drug-likeness (QED) is 0.656. The normalized spacial score (nSPS) is 11.6. The van der Waals surface area contributed by atoms with E-state index in [4.69, 9.17) is 0 Å². The lowest BCUT2D eigenvalue weighted by Gasteiger charge is -2.10. The van der Waals surface area contributed by atoms with Crippen LogP contribution in [0.5, 0.6) is 0 Å². The zero-order valence-corrected chi connectivity index (χ0v) is 15.3. The first-order valence-electron chi connectivity index (χ1n) is 8.76. The third-order valence-corrected chi connectivity index (χ3v) is 4.10. The molecule has 1 aromatic heterocycles. The molecule has 0 aliphatic heterocycles. The van der Waals surface area contributed by atoms with Gasteiger partial charge in [-0.15, -0.1) is 0 Å². The fourth-order valence-electron chi connectivity index (χ4n) is 2.72. The molecule has 152 valence electrons. The van der Waals surface area contributed by atoms with Gasteiger partial charge in [0.15, 0.2) is 0 Å². The first kappa shape index (κ1) is 20.5. The van der Waals surface area contributed by atoms with Crippen LogP contribution < -0.4 is 10.7 Å². The predicted octanol–water partition coefficient (Wildman–Crippen LogP) is 2.79. The summed E-state index contributed by atoms with van der Waals surface area (Å²) in [7, 11) is 0. The van der Waals surface area contributed by atoms with Gasteiger partial charge < -0.3 is 10.1 Å². The van der Waals surface area contributed by atoms with Gasteiger partial charge >= 0.3 is 6.18 Å². The number of benzene rings is 2. The van der Waals surface area contributed by atoms with E-state index in [0.29, 0.717) is 16.5 Å². The van der Waals surface area contributed by atoms with E-state index in [9.17, 15) is 22.8 Å². The number of carbonyl (C=O) groups is 1. The Bertz CT molecular complexity index is 1050. The monoisotopic (exact) mass is 405 g/mol. The van der Waals surface area contributed by atoms with Gasteiger partial charge in [-0.1, -0.05) is 36.4 Å². The molecule has 1 N–H and O–H groups in total. The van der Waals surface area contributed by atoms with Gasteiger partial charge in [0.25, 0.3) is 0 Å². The summed E-state index contributed by atoms with van der Waals surface area (Å²) in [6.45, 7) is -1.24. The van der Waals surface area contributed by atoms with E-state index in [1.807, 2.05) is 0 Å². The fourth-order valence-corrected chi connectivity index (χ4v) is 2.72. The van der Waals surface area contributed by atoms with E-state index in [1.165, 1.54) is 10.9 Å². The molecule has 0 spiro atoms. The molecule has 0 bridgehead atoms. The maximum atomic E-state index is 12.2. The van der Waals surface area contributed by atoms with Crippen molar-refractivity contribution in [2.45, 2.75) is 25.9 Å². The number of amides is 1. The zero-order chi connectivity index (χ0) is 20.9. The number of alkyl halides is 3. The van der Waals surface area contributed by atoms with Crippen molar-refractivity contribution in [1.82, 2.24) is 15.1 Å².